The molecule has 100 valence electrons. The van der Waals surface area contributed by atoms with E-state index in [-0.39, 0.29) is 11.3 Å². The van der Waals surface area contributed by atoms with Crippen molar-refractivity contribution in [3.63, 3.8) is 0 Å². The lowest BCUT2D eigenvalue weighted by molar-refractivity contribution is -0.117. The Morgan fingerprint density at radius 1 is 1.37 bits per heavy atom. The average molecular weight is 274 g/mol. The van der Waals surface area contributed by atoms with Crippen molar-refractivity contribution in [3.05, 3.63) is 47.5 Å². The maximum absolute atomic E-state index is 12.1. The number of carbonyl (C=O) groups excluding carboxylic acids is 1. The van der Waals surface area contributed by atoms with Gasteiger partial charge in [0, 0.05) is 23.4 Å². The number of benzene rings is 1. The van der Waals surface area contributed by atoms with Crippen LogP contribution in [0.15, 0.2) is 41.9 Å². The molecule has 2 aromatic rings. The lowest BCUT2D eigenvalue weighted by Crippen LogP contribution is -2.28. The maximum atomic E-state index is 12.1. The van der Waals surface area contributed by atoms with Crippen molar-refractivity contribution in [1.29, 1.82) is 0 Å². The Bertz CT molecular complexity index is 524. The predicted molar refractivity (Wildman–Crippen MR) is 79.4 cm³/mol. The van der Waals surface area contributed by atoms with Gasteiger partial charge in [-0.25, -0.2) is 4.98 Å². The molecule has 0 bridgehead atoms. The normalized spacial score (nSPS) is 13.8. The molecule has 0 aliphatic carbocycles. The number of hydrogen-bond donors (Lipinski definition) is 1. The molecule has 1 N–H and O–H groups in total. The van der Waals surface area contributed by atoms with E-state index in [2.05, 4.69) is 36.3 Å². The highest BCUT2D eigenvalue weighted by molar-refractivity contribution is 7.13. The number of hydrogen-bond acceptors (Lipinski definition) is 3. The number of carbonyl (C=O) groups is 1. The van der Waals surface area contributed by atoms with Gasteiger partial charge < -0.3 is 5.32 Å². The summed E-state index contributed by atoms with van der Waals surface area (Å²) in [6, 6.07) is 10.2. The highest BCUT2D eigenvalue weighted by Crippen LogP contribution is 2.31. The smallest absolute Gasteiger partial charge is 0.227 e. The van der Waals surface area contributed by atoms with Crippen LogP contribution in [0.2, 0.25) is 0 Å². The Morgan fingerprint density at radius 2 is 2.11 bits per heavy atom. The van der Waals surface area contributed by atoms with Gasteiger partial charge in [-0.3, -0.25) is 4.79 Å². The second kappa shape index (κ2) is 5.97. The van der Waals surface area contributed by atoms with Crippen LogP contribution in [0.1, 0.15) is 32.3 Å². The SMILES string of the molecule is CC[C@@](C)(CC(=O)Nc1nccs1)c1ccccc1. The van der Waals surface area contributed by atoms with Gasteiger partial charge in [-0.15, -0.1) is 11.3 Å². The van der Waals surface area contributed by atoms with Gasteiger partial charge >= 0.3 is 0 Å². The largest absolute Gasteiger partial charge is 0.302 e. The van der Waals surface area contributed by atoms with Crippen LogP contribution >= 0.6 is 11.3 Å². The van der Waals surface area contributed by atoms with Gasteiger partial charge in [-0.2, -0.15) is 0 Å². The van der Waals surface area contributed by atoms with E-state index in [0.29, 0.717) is 11.6 Å². The lowest BCUT2D eigenvalue weighted by atomic mass is 9.77. The van der Waals surface area contributed by atoms with Crippen molar-refractivity contribution in [2.75, 3.05) is 5.32 Å². The first-order chi connectivity index (χ1) is 9.14. The summed E-state index contributed by atoms with van der Waals surface area (Å²) in [5.74, 6) is 0.0168. The average Bonchev–Trinajstić information content (AvgIpc) is 2.92. The van der Waals surface area contributed by atoms with E-state index in [1.54, 1.807) is 6.20 Å². The third kappa shape index (κ3) is 3.41. The van der Waals surface area contributed by atoms with E-state index in [1.807, 2.05) is 23.6 Å². The monoisotopic (exact) mass is 274 g/mol. The van der Waals surface area contributed by atoms with Crippen molar-refractivity contribution in [2.24, 2.45) is 0 Å². The molecular formula is C15H18N2OS. The Balaban J connectivity index is 2.08. The molecule has 0 radical (unpaired) electrons. The molecule has 0 saturated carbocycles. The number of anilines is 1. The van der Waals surface area contributed by atoms with Gasteiger partial charge in [0.1, 0.15) is 0 Å². The number of thiazole rings is 1. The van der Waals surface area contributed by atoms with Crippen molar-refractivity contribution in [1.82, 2.24) is 4.98 Å². The zero-order valence-electron chi connectivity index (χ0n) is 11.2. The molecule has 1 heterocycles. The summed E-state index contributed by atoms with van der Waals surface area (Å²) in [6.45, 7) is 4.24. The van der Waals surface area contributed by atoms with E-state index in [1.165, 1.54) is 16.9 Å². The van der Waals surface area contributed by atoms with Gasteiger partial charge in [0.05, 0.1) is 0 Å². The molecule has 2 rings (SSSR count). The fraction of sp³-hybridized carbons (Fsp3) is 0.333. The molecule has 0 unspecified atom stereocenters. The molecule has 4 heteroatoms. The van der Waals surface area contributed by atoms with Crippen LogP contribution in [0.3, 0.4) is 0 Å². The minimum Gasteiger partial charge on any atom is -0.302 e. The Morgan fingerprint density at radius 3 is 2.68 bits per heavy atom. The van der Waals surface area contributed by atoms with Crippen LogP contribution in [-0.2, 0) is 10.2 Å². The van der Waals surface area contributed by atoms with Crippen LogP contribution < -0.4 is 5.32 Å². The van der Waals surface area contributed by atoms with Crippen molar-refractivity contribution >= 4 is 22.4 Å². The zero-order chi connectivity index (χ0) is 13.7. The molecule has 0 saturated heterocycles. The molecule has 1 atom stereocenters. The fourth-order valence-corrected chi connectivity index (χ4v) is 2.62. The van der Waals surface area contributed by atoms with E-state index >= 15 is 0 Å². The second-order valence-electron chi connectivity index (χ2n) is 4.84. The molecule has 0 fully saturated rings. The van der Waals surface area contributed by atoms with E-state index in [9.17, 15) is 4.79 Å². The maximum Gasteiger partial charge on any atom is 0.227 e. The first-order valence-electron chi connectivity index (χ1n) is 6.39. The molecule has 3 nitrogen and oxygen atoms in total. The third-order valence-electron chi connectivity index (χ3n) is 3.48. The summed E-state index contributed by atoms with van der Waals surface area (Å²) in [6.07, 6.45) is 3.08. The highest BCUT2D eigenvalue weighted by atomic mass is 32.1. The van der Waals surface area contributed by atoms with Crippen molar-refractivity contribution in [3.8, 4) is 0 Å². The summed E-state index contributed by atoms with van der Waals surface area (Å²) in [4.78, 5) is 16.2. The number of nitrogens with one attached hydrogen (secondary N) is 1. The Labute approximate surface area is 117 Å². The van der Waals surface area contributed by atoms with Gasteiger partial charge in [0.15, 0.2) is 5.13 Å². The van der Waals surface area contributed by atoms with Gasteiger partial charge in [-0.1, -0.05) is 44.2 Å². The van der Waals surface area contributed by atoms with Gasteiger partial charge in [0.25, 0.3) is 0 Å². The standard InChI is InChI=1S/C15H18N2OS/c1-3-15(2,12-7-5-4-6-8-12)11-13(18)17-14-16-9-10-19-14/h4-10H,3,11H2,1-2H3,(H,16,17,18)/t15-/m0/s1. The van der Waals surface area contributed by atoms with Crippen LogP contribution in [0.5, 0.6) is 0 Å². The van der Waals surface area contributed by atoms with E-state index < -0.39 is 0 Å². The van der Waals surface area contributed by atoms with Crippen LogP contribution in [-0.4, -0.2) is 10.9 Å². The molecule has 1 aromatic heterocycles. The van der Waals surface area contributed by atoms with Gasteiger partial charge in [0.2, 0.25) is 5.91 Å². The molecule has 0 spiro atoms. The van der Waals surface area contributed by atoms with Crippen molar-refractivity contribution < 1.29 is 4.79 Å². The number of rotatable bonds is 5. The highest BCUT2D eigenvalue weighted by Gasteiger charge is 2.27. The van der Waals surface area contributed by atoms with Crippen molar-refractivity contribution in [2.45, 2.75) is 32.1 Å². The molecule has 1 aromatic carbocycles. The minimum atomic E-state index is -0.136. The zero-order valence-corrected chi connectivity index (χ0v) is 12.0. The Hall–Kier alpha value is -1.68. The second-order valence-corrected chi connectivity index (χ2v) is 5.74. The van der Waals surface area contributed by atoms with Crippen LogP contribution in [0.4, 0.5) is 5.13 Å². The first kappa shape index (κ1) is 13.7. The summed E-state index contributed by atoms with van der Waals surface area (Å²) in [5, 5.41) is 5.37. The molecular weight excluding hydrogens is 256 g/mol. The molecule has 1 amide bonds. The minimum absolute atomic E-state index is 0.0168. The summed E-state index contributed by atoms with van der Waals surface area (Å²) >= 11 is 1.44. The Kier molecular flexibility index (Phi) is 4.32. The summed E-state index contributed by atoms with van der Waals surface area (Å²) < 4.78 is 0. The fourth-order valence-electron chi connectivity index (χ4n) is 2.07. The summed E-state index contributed by atoms with van der Waals surface area (Å²) in [7, 11) is 0. The molecule has 0 aliphatic heterocycles. The van der Waals surface area contributed by atoms with Gasteiger partial charge in [-0.05, 0) is 12.0 Å². The van der Waals surface area contributed by atoms with Crippen LogP contribution in [0, 0.1) is 0 Å². The summed E-state index contributed by atoms with van der Waals surface area (Å²) in [5.41, 5.74) is 1.06. The topological polar surface area (TPSA) is 42.0 Å². The molecule has 0 aliphatic rings. The lowest BCUT2D eigenvalue weighted by Gasteiger charge is -2.28. The third-order valence-corrected chi connectivity index (χ3v) is 4.17. The number of amides is 1. The van der Waals surface area contributed by atoms with E-state index in [4.69, 9.17) is 0 Å². The number of nitrogens with zero attached hydrogens (tertiary/aromatic N) is 1. The predicted octanol–water partition coefficient (Wildman–Crippen LogP) is 3.84. The first-order valence-corrected chi connectivity index (χ1v) is 7.27. The number of aromatic nitrogens is 1. The quantitative estimate of drug-likeness (QED) is 0.900. The van der Waals surface area contributed by atoms with E-state index in [0.717, 1.165) is 6.42 Å². The molecule has 19 heavy (non-hydrogen) atoms. The van der Waals surface area contributed by atoms with Crippen LogP contribution in [0.25, 0.3) is 0 Å².